The van der Waals surface area contributed by atoms with Crippen LogP contribution in [0.4, 0.5) is 21.8 Å². The molecule has 0 saturated heterocycles. The van der Waals surface area contributed by atoms with Gasteiger partial charge in [0.1, 0.15) is 11.6 Å². The van der Waals surface area contributed by atoms with Gasteiger partial charge in [-0.3, -0.25) is 0 Å². The van der Waals surface area contributed by atoms with Crippen LogP contribution in [0.1, 0.15) is 29.7 Å². The van der Waals surface area contributed by atoms with Crippen molar-refractivity contribution in [2.24, 2.45) is 0 Å². The number of benzene rings is 2. The normalized spacial score (nSPS) is 15.6. The summed E-state index contributed by atoms with van der Waals surface area (Å²) in [7, 11) is 0. The largest absolute Gasteiger partial charge is 0.339 e. The third-order valence-electron chi connectivity index (χ3n) is 5.84. The highest BCUT2D eigenvalue weighted by Gasteiger charge is 2.26. The van der Waals surface area contributed by atoms with Crippen LogP contribution in [0.15, 0.2) is 60.7 Å². The van der Waals surface area contributed by atoms with Crippen molar-refractivity contribution in [1.82, 2.24) is 9.97 Å². The summed E-state index contributed by atoms with van der Waals surface area (Å²) in [6.45, 7) is 5.02. The lowest BCUT2D eigenvalue weighted by Crippen LogP contribution is -2.35. The van der Waals surface area contributed by atoms with Crippen LogP contribution >= 0.6 is 12.4 Å². The molecule has 6 heteroatoms. The number of aromatic nitrogens is 2. The maximum absolute atomic E-state index is 13.5. The molecule has 0 radical (unpaired) electrons. The smallest absolute Gasteiger partial charge is 0.205 e. The average molecular weight is 423 g/mol. The van der Waals surface area contributed by atoms with Crippen LogP contribution in [0.25, 0.3) is 11.3 Å². The summed E-state index contributed by atoms with van der Waals surface area (Å²) in [4.78, 5) is 10.8. The fourth-order valence-corrected chi connectivity index (χ4v) is 4.24. The Kier molecular flexibility index (Phi) is 5.39. The van der Waals surface area contributed by atoms with Crippen LogP contribution in [-0.4, -0.2) is 16.5 Å². The van der Waals surface area contributed by atoms with Gasteiger partial charge in [-0.15, -0.1) is 12.4 Å². The Hall–Kier alpha value is -3.05. The van der Waals surface area contributed by atoms with Crippen LogP contribution in [-0.2, 0) is 6.42 Å². The topological polar surface area (TPSA) is 44.0 Å². The van der Waals surface area contributed by atoms with Gasteiger partial charge in [-0.25, -0.2) is 4.39 Å². The van der Waals surface area contributed by atoms with Crippen molar-refractivity contribution in [3.63, 3.8) is 0 Å². The molecule has 1 aliphatic carbocycles. The second-order valence-corrected chi connectivity index (χ2v) is 7.66. The first-order chi connectivity index (χ1) is 14.1. The molecule has 0 bridgehead atoms. The molecule has 0 spiro atoms. The van der Waals surface area contributed by atoms with Gasteiger partial charge in [0.2, 0.25) is 5.95 Å². The molecule has 5 rings (SSSR count). The number of halogens is 2. The predicted octanol–water partition coefficient (Wildman–Crippen LogP) is 6.25. The monoisotopic (exact) mass is 422 g/mol. The van der Waals surface area contributed by atoms with E-state index in [1.165, 1.54) is 23.3 Å². The van der Waals surface area contributed by atoms with E-state index < -0.39 is 0 Å². The molecule has 3 aliphatic rings. The molecule has 1 unspecified atom stereocenters. The highest BCUT2D eigenvalue weighted by molar-refractivity contribution is 5.85. The zero-order valence-corrected chi connectivity index (χ0v) is 17.8. The minimum absolute atomic E-state index is 0. The van der Waals surface area contributed by atoms with Gasteiger partial charge in [-0.1, -0.05) is 30.3 Å². The SMILES string of the molecule is Cc1cc(F)ccc1Nc1nc(N2CCc3ccccc3C2C)[nH]c2cccc1-2.Cl. The summed E-state index contributed by atoms with van der Waals surface area (Å²) < 4.78 is 13.5. The number of hydrogen-bond acceptors (Lipinski definition) is 3. The fourth-order valence-electron chi connectivity index (χ4n) is 4.24. The number of anilines is 3. The number of nitrogens with zero attached hydrogens (tertiary/aromatic N) is 2. The van der Waals surface area contributed by atoms with E-state index >= 15 is 0 Å². The first-order valence-corrected chi connectivity index (χ1v) is 9.96. The Balaban J connectivity index is 0.00000218. The minimum Gasteiger partial charge on any atom is -0.339 e. The third kappa shape index (κ3) is 3.50. The third-order valence-corrected chi connectivity index (χ3v) is 5.84. The van der Waals surface area contributed by atoms with Crippen molar-refractivity contribution in [2.45, 2.75) is 26.3 Å². The van der Waals surface area contributed by atoms with E-state index in [2.05, 4.69) is 52.5 Å². The molecule has 2 aliphatic heterocycles. The molecular formula is C24H24ClFN4. The summed E-state index contributed by atoms with van der Waals surface area (Å²) in [5.74, 6) is 1.38. The number of fused-ring (bicyclic) bond motifs is 2. The summed E-state index contributed by atoms with van der Waals surface area (Å²) in [5, 5.41) is 3.42. The van der Waals surface area contributed by atoms with Crippen molar-refractivity contribution in [3.05, 3.63) is 83.2 Å². The van der Waals surface area contributed by atoms with Gasteiger partial charge in [0, 0.05) is 17.8 Å². The molecule has 30 heavy (non-hydrogen) atoms. The Labute approximate surface area is 181 Å². The van der Waals surface area contributed by atoms with Gasteiger partial charge in [0.15, 0.2) is 0 Å². The molecule has 1 atom stereocenters. The number of hydrogen-bond donors (Lipinski definition) is 2. The lowest BCUT2D eigenvalue weighted by molar-refractivity contribution is 0.609. The quantitative estimate of drug-likeness (QED) is 0.410. The van der Waals surface area contributed by atoms with Gasteiger partial charge in [0.25, 0.3) is 0 Å². The predicted molar refractivity (Wildman–Crippen MR) is 123 cm³/mol. The number of aromatic amines is 1. The summed E-state index contributed by atoms with van der Waals surface area (Å²) in [6, 6.07) is 19.7. The van der Waals surface area contributed by atoms with Crippen LogP contribution in [0, 0.1) is 12.7 Å². The van der Waals surface area contributed by atoms with Gasteiger partial charge in [0.05, 0.1) is 11.7 Å². The van der Waals surface area contributed by atoms with Crippen molar-refractivity contribution in [2.75, 3.05) is 16.8 Å². The standard InChI is InChI=1S/C24H23FN4.ClH/c1-15-14-18(25)10-11-21(15)26-23-20-8-5-9-22(20)27-24(28-23)29-13-12-17-6-3-4-7-19(17)16(29)2;/h3-11,14,16,26H,12-13H2,1-2H3,(H,27,28);1H. The van der Waals surface area contributed by atoms with Crippen LogP contribution in [0.3, 0.4) is 0 Å². The lowest BCUT2D eigenvalue weighted by Gasteiger charge is -2.36. The molecule has 4 nitrogen and oxygen atoms in total. The fraction of sp³-hybridized carbons (Fsp3) is 0.208. The zero-order chi connectivity index (χ0) is 20.0. The average Bonchev–Trinajstić information content (AvgIpc) is 3.19. The van der Waals surface area contributed by atoms with Gasteiger partial charge >= 0.3 is 0 Å². The Bertz CT molecular complexity index is 1160. The van der Waals surface area contributed by atoms with Gasteiger partial charge < -0.3 is 15.2 Å². The lowest BCUT2D eigenvalue weighted by atomic mass is 9.94. The number of H-pyrrole nitrogens is 1. The first-order valence-electron chi connectivity index (χ1n) is 9.96. The zero-order valence-electron chi connectivity index (χ0n) is 16.9. The highest BCUT2D eigenvalue weighted by Crippen LogP contribution is 2.37. The van der Waals surface area contributed by atoms with Crippen LogP contribution in [0.2, 0.25) is 0 Å². The van der Waals surface area contributed by atoms with E-state index in [0.29, 0.717) is 0 Å². The number of rotatable bonds is 3. The second-order valence-electron chi connectivity index (χ2n) is 7.66. The van der Waals surface area contributed by atoms with Crippen molar-refractivity contribution < 1.29 is 4.39 Å². The van der Waals surface area contributed by atoms with Crippen LogP contribution < -0.4 is 10.2 Å². The molecule has 0 aromatic heterocycles. The maximum Gasteiger partial charge on any atom is 0.205 e. The molecule has 2 aromatic carbocycles. The minimum atomic E-state index is -0.234. The Morgan fingerprint density at radius 1 is 1.10 bits per heavy atom. The van der Waals surface area contributed by atoms with Crippen molar-refractivity contribution in [1.29, 1.82) is 0 Å². The van der Waals surface area contributed by atoms with E-state index in [-0.39, 0.29) is 24.3 Å². The van der Waals surface area contributed by atoms with Crippen molar-refractivity contribution in [3.8, 4) is 11.3 Å². The van der Waals surface area contributed by atoms with Crippen LogP contribution in [0.5, 0.6) is 0 Å². The second kappa shape index (κ2) is 8.00. The molecule has 0 amide bonds. The van der Waals surface area contributed by atoms with E-state index in [4.69, 9.17) is 4.98 Å². The van der Waals surface area contributed by atoms with E-state index in [9.17, 15) is 4.39 Å². The summed E-state index contributed by atoms with van der Waals surface area (Å²) in [5.41, 5.74) is 6.51. The molecular weight excluding hydrogens is 399 g/mol. The molecule has 2 heterocycles. The molecule has 0 saturated carbocycles. The highest BCUT2D eigenvalue weighted by atomic mass is 35.5. The van der Waals surface area contributed by atoms with E-state index in [1.807, 2.05) is 19.1 Å². The van der Waals surface area contributed by atoms with E-state index in [0.717, 1.165) is 47.2 Å². The van der Waals surface area contributed by atoms with E-state index in [1.54, 1.807) is 6.07 Å². The molecule has 0 fully saturated rings. The molecule has 154 valence electrons. The number of nitrogens with one attached hydrogen (secondary N) is 2. The summed E-state index contributed by atoms with van der Waals surface area (Å²) >= 11 is 0. The summed E-state index contributed by atoms with van der Waals surface area (Å²) in [6.07, 6.45) is 0.995. The first kappa shape index (κ1) is 20.2. The molecule has 2 N–H and O–H groups in total. The molecule has 2 aromatic rings. The van der Waals surface area contributed by atoms with Crippen molar-refractivity contribution >= 4 is 29.9 Å². The van der Waals surface area contributed by atoms with Gasteiger partial charge in [-0.2, -0.15) is 4.98 Å². The number of aryl methyl sites for hydroxylation is 1. The maximum atomic E-state index is 13.5. The van der Waals surface area contributed by atoms with Gasteiger partial charge in [-0.05, 0) is 67.3 Å². The Morgan fingerprint density at radius 3 is 2.77 bits per heavy atom. The Morgan fingerprint density at radius 2 is 1.93 bits per heavy atom.